The largest absolute Gasteiger partial charge is 1.00 e. The number of halogens is 3. The van der Waals surface area contributed by atoms with Gasteiger partial charge in [0.25, 0.3) is 5.91 Å². The molecular weight excluding hydrogens is 564 g/mol. The van der Waals surface area contributed by atoms with Crippen molar-refractivity contribution in [3.8, 4) is 0 Å². The molecule has 19 heteroatoms. The molecule has 11 nitrogen and oxygen atoms in total. The zero-order valence-electron chi connectivity index (χ0n) is 17.5. The summed E-state index contributed by atoms with van der Waals surface area (Å²) in [6, 6.07) is -1.00. The molecule has 4 heterocycles. The van der Waals surface area contributed by atoms with Crippen LogP contribution in [0.1, 0.15) is 10.7 Å². The molecular formula is C16H12F3N6NaO5S4. The standard InChI is InChI=1S/C16H13F3N6O5S4.Na/c17-16(18,19)13-22-23-15(34-13)33-3-5-2-31-11-8(10(27)24(11)9(5)12(28)29)21-7(26)1-6-4-32-14(20)25(6)30;/h4,8,11,20,30H,1-3H2,(H,21,26)(H,28,29);/q;+1/p-1/t8?,11-;/m1./s1. The number of fused-ring (bicyclic) bond motifs is 1. The van der Waals surface area contributed by atoms with Crippen molar-refractivity contribution in [3.63, 3.8) is 0 Å². The number of β-lactam (4-membered cyclic amide) rings is 1. The summed E-state index contributed by atoms with van der Waals surface area (Å²) in [4.78, 5) is 37.5. The van der Waals surface area contributed by atoms with Crippen molar-refractivity contribution in [2.24, 2.45) is 0 Å². The summed E-state index contributed by atoms with van der Waals surface area (Å²) in [6.07, 6.45) is -4.92. The summed E-state index contributed by atoms with van der Waals surface area (Å²) in [5.74, 6) is -2.79. The third kappa shape index (κ3) is 5.72. The van der Waals surface area contributed by atoms with Crippen LogP contribution in [-0.4, -0.2) is 65.7 Å². The van der Waals surface area contributed by atoms with Gasteiger partial charge in [0.2, 0.25) is 15.7 Å². The van der Waals surface area contributed by atoms with E-state index in [1.54, 1.807) is 0 Å². The Bertz CT molecular complexity index is 1260. The third-order valence-electron chi connectivity index (χ3n) is 4.69. The van der Waals surface area contributed by atoms with Crippen LogP contribution in [0.5, 0.6) is 0 Å². The first-order valence-corrected chi connectivity index (χ1v) is 12.8. The topological polar surface area (TPSA) is 164 Å². The van der Waals surface area contributed by atoms with E-state index in [9.17, 15) is 37.9 Å². The number of carbonyl (C=O) groups excluding carboxylic acids is 3. The smallest absolute Gasteiger partial charge is 0.543 e. The molecule has 2 amide bonds. The molecule has 3 N–H and O–H groups in total. The molecule has 35 heavy (non-hydrogen) atoms. The molecule has 0 aliphatic carbocycles. The van der Waals surface area contributed by atoms with Crippen molar-refractivity contribution in [2.75, 3.05) is 11.5 Å². The van der Waals surface area contributed by atoms with Crippen LogP contribution in [0.25, 0.3) is 0 Å². The first-order chi connectivity index (χ1) is 16.0. The van der Waals surface area contributed by atoms with Crippen LogP contribution in [0.2, 0.25) is 0 Å². The SMILES string of the molecule is N=c1scc(CC(=O)NC2C(=O)N3C(C(=O)[O-])=C(CSc4nnc(C(F)(F)F)s4)CS[C@H]23)n1O.[Na+]. The average molecular weight is 577 g/mol. The number of carboxylic acids is 1. The fourth-order valence-electron chi connectivity index (χ4n) is 3.17. The number of amides is 2. The number of nitrogens with zero attached hydrogens (tertiary/aromatic N) is 4. The van der Waals surface area contributed by atoms with Crippen molar-refractivity contribution in [2.45, 2.75) is 28.4 Å². The Morgan fingerprint density at radius 2 is 2.09 bits per heavy atom. The van der Waals surface area contributed by atoms with Crippen LogP contribution in [0.15, 0.2) is 21.0 Å². The van der Waals surface area contributed by atoms with Gasteiger partial charge in [0.15, 0.2) is 4.34 Å². The Morgan fingerprint density at radius 1 is 1.37 bits per heavy atom. The van der Waals surface area contributed by atoms with E-state index in [2.05, 4.69) is 15.5 Å². The second-order valence-corrected chi connectivity index (χ2v) is 11.0. The number of alkyl halides is 3. The number of nitrogens with one attached hydrogen (secondary N) is 2. The van der Waals surface area contributed by atoms with E-state index in [0.29, 0.717) is 16.1 Å². The van der Waals surface area contributed by atoms with Crippen LogP contribution in [0, 0.1) is 5.41 Å². The van der Waals surface area contributed by atoms with E-state index in [-0.39, 0.29) is 73.6 Å². The summed E-state index contributed by atoms with van der Waals surface area (Å²) in [5.41, 5.74) is 0.0558. The van der Waals surface area contributed by atoms with Crippen molar-refractivity contribution < 1.29 is 67.4 Å². The zero-order chi connectivity index (χ0) is 24.8. The van der Waals surface area contributed by atoms with Crippen LogP contribution >= 0.6 is 46.2 Å². The Morgan fingerprint density at radius 3 is 2.66 bits per heavy atom. The number of aliphatic carboxylic acids is 1. The maximum atomic E-state index is 12.7. The van der Waals surface area contributed by atoms with Gasteiger partial charge < -0.3 is 20.4 Å². The van der Waals surface area contributed by atoms with Gasteiger partial charge in [-0.15, -0.1) is 33.3 Å². The second-order valence-electron chi connectivity index (χ2n) is 6.87. The van der Waals surface area contributed by atoms with Gasteiger partial charge in [0.05, 0.1) is 23.8 Å². The van der Waals surface area contributed by atoms with E-state index in [1.807, 2.05) is 0 Å². The minimum Gasteiger partial charge on any atom is -0.543 e. The van der Waals surface area contributed by atoms with E-state index < -0.39 is 40.4 Å². The molecule has 2 aliphatic rings. The average Bonchev–Trinajstić information content (AvgIpc) is 3.37. The minimum absolute atomic E-state index is 0. The fourth-order valence-corrected chi connectivity index (χ4v) is 7.03. The predicted molar refractivity (Wildman–Crippen MR) is 112 cm³/mol. The van der Waals surface area contributed by atoms with Crippen LogP contribution < -0.4 is 44.8 Å². The Balaban J connectivity index is 0.00000342. The molecule has 1 saturated heterocycles. The summed E-state index contributed by atoms with van der Waals surface area (Å²) in [7, 11) is 0. The monoisotopic (exact) mass is 576 g/mol. The summed E-state index contributed by atoms with van der Waals surface area (Å²) >= 11 is 3.30. The fraction of sp³-hybridized carbons (Fsp3) is 0.375. The van der Waals surface area contributed by atoms with E-state index in [4.69, 9.17) is 5.41 Å². The van der Waals surface area contributed by atoms with Gasteiger partial charge in [-0.3, -0.25) is 19.9 Å². The molecule has 2 aromatic rings. The number of carbonyl (C=O) groups is 3. The molecule has 0 radical (unpaired) electrons. The van der Waals surface area contributed by atoms with Gasteiger partial charge in [0.1, 0.15) is 11.4 Å². The summed E-state index contributed by atoms with van der Waals surface area (Å²) in [5, 5.41) is 37.5. The van der Waals surface area contributed by atoms with Gasteiger partial charge in [-0.05, 0) is 5.57 Å². The minimum atomic E-state index is -4.63. The van der Waals surface area contributed by atoms with E-state index in [1.165, 1.54) is 17.1 Å². The maximum Gasteiger partial charge on any atom is 1.00 e. The zero-order valence-corrected chi connectivity index (χ0v) is 22.8. The second kappa shape index (κ2) is 10.8. The maximum absolute atomic E-state index is 12.7. The van der Waals surface area contributed by atoms with Crippen LogP contribution in [0.3, 0.4) is 0 Å². The number of rotatable bonds is 7. The Kier molecular flexibility index (Phi) is 8.65. The number of thioether (sulfide) groups is 2. The number of hydrogen-bond donors (Lipinski definition) is 3. The first kappa shape index (κ1) is 28.0. The van der Waals surface area contributed by atoms with Gasteiger partial charge in [-0.2, -0.15) is 17.9 Å². The molecule has 2 aliphatic heterocycles. The molecule has 1 fully saturated rings. The van der Waals surface area contributed by atoms with E-state index >= 15 is 0 Å². The van der Waals surface area contributed by atoms with Crippen molar-refractivity contribution in [1.82, 2.24) is 25.1 Å². The summed E-state index contributed by atoms with van der Waals surface area (Å²) in [6.45, 7) is 0. The van der Waals surface area contributed by atoms with Crippen molar-refractivity contribution >= 4 is 64.0 Å². The van der Waals surface area contributed by atoms with Gasteiger partial charge in [-0.25, -0.2) is 0 Å². The molecule has 2 aromatic heterocycles. The van der Waals surface area contributed by atoms with E-state index in [0.717, 1.165) is 28.0 Å². The molecule has 0 aromatic carbocycles. The quantitative estimate of drug-likeness (QED) is 0.134. The van der Waals surface area contributed by atoms with Gasteiger partial charge in [0, 0.05) is 16.9 Å². The van der Waals surface area contributed by atoms with Gasteiger partial charge in [-0.1, -0.05) is 23.1 Å². The van der Waals surface area contributed by atoms with Crippen molar-refractivity contribution in [1.29, 1.82) is 5.41 Å². The molecule has 182 valence electrons. The molecule has 1 unspecified atom stereocenters. The predicted octanol–water partition coefficient (Wildman–Crippen LogP) is -3.12. The van der Waals surface area contributed by atoms with Gasteiger partial charge >= 0.3 is 35.7 Å². The Labute approximate surface area is 232 Å². The van der Waals surface area contributed by atoms with Crippen molar-refractivity contribution in [3.05, 3.63) is 32.2 Å². The number of thiazole rings is 1. The van der Waals surface area contributed by atoms with Crippen LogP contribution in [0.4, 0.5) is 13.2 Å². The molecule has 0 saturated carbocycles. The number of hydrogen-bond acceptors (Lipinski definition) is 12. The Hall–Kier alpha value is -1.57. The molecule has 0 bridgehead atoms. The number of aromatic nitrogens is 3. The third-order valence-corrected chi connectivity index (χ3v) is 9.00. The summed E-state index contributed by atoms with van der Waals surface area (Å²) < 4.78 is 38.6. The normalized spacial score (nSPS) is 19.6. The number of carboxylic acid groups (broad SMARTS) is 1. The van der Waals surface area contributed by atoms with Crippen LogP contribution in [-0.2, 0) is 27.0 Å². The molecule has 0 spiro atoms. The first-order valence-electron chi connectivity index (χ1n) is 9.11. The molecule has 4 rings (SSSR count). The molecule has 2 atom stereocenters.